The van der Waals surface area contributed by atoms with Gasteiger partial charge in [0, 0.05) is 53.9 Å². The lowest BCUT2D eigenvalue weighted by Gasteiger charge is -2.36. The van der Waals surface area contributed by atoms with Crippen LogP contribution < -0.4 is 9.62 Å². The normalized spacial score (nSPS) is 14.2. The van der Waals surface area contributed by atoms with Crippen LogP contribution in [0, 0.1) is 0 Å². The van der Waals surface area contributed by atoms with Gasteiger partial charge in [-0.1, -0.05) is 53.2 Å². The number of anilines is 1. The van der Waals surface area contributed by atoms with E-state index in [1.807, 2.05) is 24.3 Å². The molecule has 12 heteroatoms. The number of hydrogen-bond donors (Lipinski definition) is 1. The Labute approximate surface area is 264 Å². The number of hydrogen-bond acceptors (Lipinski definition) is 9. The molecular formula is C32H28ClN5O4S2. The van der Waals surface area contributed by atoms with Crippen LogP contribution in [0.5, 0.6) is 0 Å². The molecule has 9 nitrogen and oxygen atoms in total. The van der Waals surface area contributed by atoms with E-state index in [2.05, 4.69) is 65.6 Å². The largest absolute Gasteiger partial charge is 0.369 e. The quantitative estimate of drug-likeness (QED) is 0.206. The number of halogens is 1. The number of nitrogens with one attached hydrogen (secondary N) is 1. The van der Waals surface area contributed by atoms with Crippen LogP contribution >= 0.6 is 22.9 Å². The Bertz CT molecular complexity index is 1860. The molecule has 1 amide bonds. The fraction of sp³-hybridized carbons (Fsp3) is 0.156. The maximum absolute atomic E-state index is 12.8. The maximum atomic E-state index is 12.8. The van der Waals surface area contributed by atoms with Crippen molar-refractivity contribution in [1.29, 1.82) is 0 Å². The number of amides is 1. The Hall–Kier alpha value is -4.29. The third-order valence-corrected chi connectivity index (χ3v) is 10.4. The molecular weight excluding hydrogens is 618 g/mol. The van der Waals surface area contributed by atoms with Gasteiger partial charge in [-0.3, -0.25) is 9.69 Å². The van der Waals surface area contributed by atoms with Crippen molar-refractivity contribution < 1.29 is 17.7 Å². The van der Waals surface area contributed by atoms with E-state index in [0.29, 0.717) is 10.7 Å². The molecule has 0 bridgehead atoms. The molecule has 6 rings (SSSR count). The predicted octanol–water partition coefficient (Wildman–Crippen LogP) is 6.06. The topological polar surface area (TPSA) is 109 Å². The highest BCUT2D eigenvalue weighted by atomic mass is 35.5. The summed E-state index contributed by atoms with van der Waals surface area (Å²) in [5.41, 5.74) is 4.88. The molecule has 1 saturated heterocycles. The highest BCUT2D eigenvalue weighted by molar-refractivity contribution is 7.92. The summed E-state index contributed by atoms with van der Waals surface area (Å²) in [6.45, 7) is 4.31. The van der Waals surface area contributed by atoms with Crippen LogP contribution in [0.25, 0.3) is 23.3 Å². The Morgan fingerprint density at radius 2 is 1.68 bits per heavy atom. The minimum Gasteiger partial charge on any atom is -0.369 e. The summed E-state index contributed by atoms with van der Waals surface area (Å²) >= 11 is 7.12. The second-order valence-corrected chi connectivity index (χ2v) is 13.6. The van der Waals surface area contributed by atoms with Crippen LogP contribution in [0.1, 0.15) is 26.6 Å². The first-order valence-electron chi connectivity index (χ1n) is 13.9. The van der Waals surface area contributed by atoms with Crippen LogP contribution in [-0.2, 0) is 16.6 Å². The lowest BCUT2D eigenvalue weighted by atomic mass is 9.99. The molecule has 1 N–H and O–H groups in total. The summed E-state index contributed by atoms with van der Waals surface area (Å²) < 4.78 is 32.6. The lowest BCUT2D eigenvalue weighted by Crippen LogP contribution is -2.46. The Kier molecular flexibility index (Phi) is 8.89. The Balaban J connectivity index is 1.03. The third-order valence-electron chi connectivity index (χ3n) is 7.30. The van der Waals surface area contributed by atoms with Crippen molar-refractivity contribution in [3.8, 4) is 11.1 Å². The Morgan fingerprint density at radius 1 is 0.932 bits per heavy atom. The van der Waals surface area contributed by atoms with Gasteiger partial charge in [0.25, 0.3) is 15.9 Å². The van der Waals surface area contributed by atoms with Crippen molar-refractivity contribution in [2.45, 2.75) is 10.8 Å². The van der Waals surface area contributed by atoms with E-state index in [-0.39, 0.29) is 9.77 Å². The molecule has 1 aliphatic rings. The van der Waals surface area contributed by atoms with Crippen LogP contribution in [-0.4, -0.2) is 55.5 Å². The molecule has 3 heterocycles. The van der Waals surface area contributed by atoms with Gasteiger partial charge in [0.1, 0.15) is 4.21 Å². The molecule has 0 atom stereocenters. The molecule has 1 fully saturated rings. The van der Waals surface area contributed by atoms with Gasteiger partial charge in [0.05, 0.1) is 0 Å². The minimum absolute atomic E-state index is 0.0314. The fourth-order valence-electron chi connectivity index (χ4n) is 5.01. The van der Waals surface area contributed by atoms with E-state index in [1.54, 1.807) is 30.4 Å². The molecule has 0 saturated carbocycles. The number of piperazine rings is 1. The molecule has 224 valence electrons. The van der Waals surface area contributed by atoms with Gasteiger partial charge in [0.15, 0.2) is 5.82 Å². The average molecular weight is 646 g/mol. The third kappa shape index (κ3) is 7.08. The van der Waals surface area contributed by atoms with Crippen LogP contribution in [0.4, 0.5) is 5.69 Å². The van der Waals surface area contributed by atoms with E-state index in [9.17, 15) is 13.2 Å². The van der Waals surface area contributed by atoms with Crippen LogP contribution in [0.2, 0.25) is 5.02 Å². The first-order chi connectivity index (χ1) is 21.3. The summed E-state index contributed by atoms with van der Waals surface area (Å²) in [5, 5.41) is 4.40. The zero-order valence-corrected chi connectivity index (χ0v) is 25.9. The van der Waals surface area contributed by atoms with Gasteiger partial charge >= 0.3 is 0 Å². The number of rotatable bonds is 9. The smallest absolute Gasteiger partial charge is 0.273 e. The minimum atomic E-state index is -4.03. The predicted molar refractivity (Wildman–Crippen MR) is 173 cm³/mol. The summed E-state index contributed by atoms with van der Waals surface area (Å²) in [6.07, 6.45) is 4.49. The molecule has 3 aromatic carbocycles. The second kappa shape index (κ2) is 13.1. The van der Waals surface area contributed by atoms with Crippen molar-refractivity contribution in [1.82, 2.24) is 19.8 Å². The van der Waals surface area contributed by atoms with Gasteiger partial charge in [-0.05, 0) is 77.4 Å². The van der Waals surface area contributed by atoms with Gasteiger partial charge in [-0.15, -0.1) is 11.3 Å². The number of sulfonamides is 1. The second-order valence-electron chi connectivity index (χ2n) is 10.2. The van der Waals surface area contributed by atoms with E-state index in [1.165, 1.54) is 23.6 Å². The van der Waals surface area contributed by atoms with Gasteiger partial charge < -0.3 is 9.42 Å². The number of carbonyl (C=O) groups is 1. The first-order valence-corrected chi connectivity index (χ1v) is 16.5. The maximum Gasteiger partial charge on any atom is 0.273 e. The zero-order chi connectivity index (χ0) is 30.5. The monoisotopic (exact) mass is 645 g/mol. The zero-order valence-electron chi connectivity index (χ0n) is 23.5. The van der Waals surface area contributed by atoms with Crippen LogP contribution in [0.3, 0.4) is 0 Å². The number of nitrogens with zero attached hydrogens (tertiary/aromatic N) is 4. The summed E-state index contributed by atoms with van der Waals surface area (Å²) in [7, 11) is -4.03. The summed E-state index contributed by atoms with van der Waals surface area (Å²) in [4.78, 5) is 22.1. The number of carbonyl (C=O) groups excluding carboxylic acids is 1. The highest BCUT2D eigenvalue weighted by Gasteiger charge is 2.22. The lowest BCUT2D eigenvalue weighted by molar-refractivity contribution is 0.0981. The average Bonchev–Trinajstić information content (AvgIpc) is 3.74. The van der Waals surface area contributed by atoms with E-state index in [4.69, 9.17) is 11.6 Å². The summed E-state index contributed by atoms with van der Waals surface area (Å²) in [6, 6.07) is 26.5. The number of benzene rings is 3. The fourth-order valence-corrected chi connectivity index (χ4v) is 7.34. The Morgan fingerprint density at radius 3 is 2.41 bits per heavy atom. The van der Waals surface area contributed by atoms with Crippen molar-refractivity contribution >= 4 is 56.7 Å². The molecule has 0 spiro atoms. The molecule has 0 aliphatic carbocycles. The van der Waals surface area contributed by atoms with Crippen molar-refractivity contribution in [2.24, 2.45) is 0 Å². The van der Waals surface area contributed by atoms with Gasteiger partial charge in [-0.25, -0.2) is 13.1 Å². The van der Waals surface area contributed by atoms with E-state index in [0.717, 1.165) is 60.3 Å². The molecule has 0 radical (unpaired) electrons. The number of thiophene rings is 1. The molecule has 44 heavy (non-hydrogen) atoms. The summed E-state index contributed by atoms with van der Waals surface area (Å²) in [5.74, 6) is -0.310. The first kappa shape index (κ1) is 29.8. The van der Waals surface area contributed by atoms with Gasteiger partial charge in [0.2, 0.25) is 6.39 Å². The number of aromatic nitrogens is 2. The molecule has 2 aromatic heterocycles. The molecule has 1 aliphatic heterocycles. The van der Waals surface area contributed by atoms with E-state index >= 15 is 0 Å². The molecule has 5 aromatic rings. The van der Waals surface area contributed by atoms with E-state index < -0.39 is 15.9 Å². The van der Waals surface area contributed by atoms with Crippen LogP contribution in [0.15, 0.2) is 100 Å². The highest BCUT2D eigenvalue weighted by Crippen LogP contribution is 2.27. The van der Waals surface area contributed by atoms with Crippen molar-refractivity contribution in [3.05, 3.63) is 118 Å². The standard InChI is InChI=1S/C32H28ClN5O4S2/c33-26-9-5-23(6-10-26)29-4-2-1-3-25(29)21-37-17-19-38(20-18-37)27-11-7-24(8-12-27)32(39)36-44(40,41)31-16-14-28(43-31)13-15-30-34-22-42-35-30/h1-16,22H,17-21H2,(H,36,39)/b15-13+. The van der Waals surface area contributed by atoms with Gasteiger partial charge in [-0.2, -0.15) is 4.98 Å². The SMILES string of the molecule is O=C(NS(=O)(=O)c1ccc(/C=C/c2ncon2)s1)c1ccc(N2CCN(Cc3ccccc3-c3ccc(Cl)cc3)CC2)cc1. The van der Waals surface area contributed by atoms with Crippen molar-refractivity contribution in [3.63, 3.8) is 0 Å². The van der Waals surface area contributed by atoms with Crippen molar-refractivity contribution in [2.75, 3.05) is 31.1 Å². The molecule has 0 unspecified atom stereocenters.